The van der Waals surface area contributed by atoms with Crippen molar-refractivity contribution in [3.63, 3.8) is 0 Å². The molecule has 4 fully saturated rings. The van der Waals surface area contributed by atoms with E-state index in [0.717, 1.165) is 82.6 Å². The van der Waals surface area contributed by atoms with Crippen LogP contribution in [-0.2, 0) is 9.59 Å². The van der Waals surface area contributed by atoms with Crippen LogP contribution in [-0.4, -0.2) is 118 Å². The molecule has 1 aromatic heterocycles. The molecule has 8 rings (SSSR count). The van der Waals surface area contributed by atoms with Crippen molar-refractivity contribution in [3.8, 4) is 11.8 Å². The number of rotatable bonds is 12. The van der Waals surface area contributed by atoms with Gasteiger partial charge in [-0.25, -0.2) is 9.97 Å². The average Bonchev–Trinajstić information content (AvgIpc) is 3.63. The average molecular weight is 794 g/mol. The van der Waals surface area contributed by atoms with Crippen LogP contribution in [0.15, 0.2) is 48.8 Å². The van der Waals surface area contributed by atoms with Crippen molar-refractivity contribution in [3.05, 3.63) is 76.1 Å². The molecule has 5 amide bonds. The molecule has 3 aromatic rings. The van der Waals surface area contributed by atoms with Crippen LogP contribution in [0.5, 0.6) is 5.75 Å². The number of imide groups is 2. The smallest absolute Gasteiger partial charge is 0.264 e. The lowest BCUT2D eigenvalue weighted by Crippen LogP contribution is -2.54. The van der Waals surface area contributed by atoms with Gasteiger partial charge in [0.2, 0.25) is 17.8 Å². The summed E-state index contributed by atoms with van der Waals surface area (Å²) in [5.41, 5.74) is 2.02. The number of nitrogens with zero attached hydrogens (tertiary/aromatic N) is 7. The summed E-state index contributed by atoms with van der Waals surface area (Å²) in [6.07, 6.45) is 9.67. The van der Waals surface area contributed by atoms with E-state index in [-0.39, 0.29) is 48.1 Å². The lowest BCUT2D eigenvalue weighted by atomic mass is 9.98. The maximum Gasteiger partial charge on any atom is 0.264 e. The molecule has 2 unspecified atom stereocenters. The topological polar surface area (TPSA) is 181 Å². The van der Waals surface area contributed by atoms with E-state index in [2.05, 4.69) is 36.5 Å². The summed E-state index contributed by atoms with van der Waals surface area (Å²) < 4.78 is 6.23. The van der Waals surface area contributed by atoms with E-state index in [1.807, 2.05) is 4.90 Å². The number of fused-ring (bicyclic) bond motifs is 3. The van der Waals surface area contributed by atoms with E-state index in [1.165, 1.54) is 0 Å². The van der Waals surface area contributed by atoms with Gasteiger partial charge < -0.3 is 19.9 Å². The minimum absolute atomic E-state index is 0.0317. The fourth-order valence-electron chi connectivity index (χ4n) is 8.85. The van der Waals surface area contributed by atoms with Gasteiger partial charge in [0.1, 0.15) is 24.0 Å². The zero-order chi connectivity index (χ0) is 39.6. The highest BCUT2D eigenvalue weighted by atomic mass is 35.5. The Hall–Kier alpha value is -5.59. The number of piperidine rings is 2. The maximum absolute atomic E-state index is 13.6. The minimum Gasteiger partial charge on any atom is -0.490 e. The van der Waals surface area contributed by atoms with E-state index >= 15 is 0 Å². The molecule has 4 saturated heterocycles. The van der Waals surface area contributed by atoms with Crippen molar-refractivity contribution >= 4 is 52.8 Å². The van der Waals surface area contributed by atoms with E-state index in [9.17, 15) is 24.0 Å². The highest BCUT2D eigenvalue weighted by molar-refractivity contribution is 6.31. The van der Waals surface area contributed by atoms with Crippen molar-refractivity contribution in [1.29, 1.82) is 5.26 Å². The molecule has 16 heteroatoms. The Bertz CT molecular complexity index is 2100. The van der Waals surface area contributed by atoms with E-state index in [1.54, 1.807) is 48.8 Å². The molecule has 6 heterocycles. The quantitative estimate of drug-likeness (QED) is 0.199. The Morgan fingerprint density at radius 2 is 1.70 bits per heavy atom. The van der Waals surface area contributed by atoms with Crippen molar-refractivity contribution in [2.75, 3.05) is 49.5 Å². The van der Waals surface area contributed by atoms with Gasteiger partial charge in [0, 0.05) is 88.2 Å². The first-order valence-electron chi connectivity index (χ1n) is 19.7. The monoisotopic (exact) mass is 793 g/mol. The van der Waals surface area contributed by atoms with Crippen LogP contribution < -0.4 is 20.3 Å². The van der Waals surface area contributed by atoms with Crippen LogP contribution in [0.25, 0.3) is 0 Å². The minimum atomic E-state index is -0.991. The number of unbranched alkanes of at least 4 members (excludes halogenated alkanes) is 2. The van der Waals surface area contributed by atoms with Gasteiger partial charge in [0.15, 0.2) is 0 Å². The molecule has 2 N–H and O–H groups in total. The van der Waals surface area contributed by atoms with Crippen LogP contribution in [0.2, 0.25) is 5.02 Å². The number of benzene rings is 2. The number of halogens is 1. The molecule has 15 nitrogen and oxygen atoms in total. The van der Waals surface area contributed by atoms with Crippen LogP contribution in [0, 0.1) is 11.3 Å². The largest absolute Gasteiger partial charge is 0.490 e. The van der Waals surface area contributed by atoms with E-state index < -0.39 is 29.7 Å². The third kappa shape index (κ3) is 7.88. The Labute approximate surface area is 335 Å². The molecule has 2 bridgehead atoms. The molecule has 57 heavy (non-hydrogen) atoms. The van der Waals surface area contributed by atoms with Crippen LogP contribution in [0.3, 0.4) is 0 Å². The summed E-state index contributed by atoms with van der Waals surface area (Å²) >= 11 is 6.20. The van der Waals surface area contributed by atoms with Gasteiger partial charge >= 0.3 is 0 Å². The third-order valence-electron chi connectivity index (χ3n) is 11.8. The van der Waals surface area contributed by atoms with E-state index in [4.69, 9.17) is 21.6 Å². The number of ether oxygens (including phenoxy) is 1. The summed E-state index contributed by atoms with van der Waals surface area (Å²) in [7, 11) is 0. The van der Waals surface area contributed by atoms with Crippen molar-refractivity contribution < 1.29 is 28.7 Å². The highest BCUT2D eigenvalue weighted by Gasteiger charge is 2.46. The number of piperazine rings is 1. The second-order valence-electron chi connectivity index (χ2n) is 15.3. The van der Waals surface area contributed by atoms with Crippen molar-refractivity contribution in [1.82, 2.24) is 30.0 Å². The molecule has 0 spiro atoms. The summed E-state index contributed by atoms with van der Waals surface area (Å²) in [6.45, 7) is 4.93. The molecule has 4 atom stereocenters. The number of nitriles is 1. The first-order valence-corrected chi connectivity index (χ1v) is 20.1. The predicted octanol–water partition coefficient (Wildman–Crippen LogP) is 4.02. The van der Waals surface area contributed by atoms with Crippen LogP contribution in [0.1, 0.15) is 94.4 Å². The van der Waals surface area contributed by atoms with Gasteiger partial charge in [-0.2, -0.15) is 5.26 Å². The number of amides is 5. The summed E-state index contributed by atoms with van der Waals surface area (Å²) in [5, 5.41) is 15.1. The Balaban J connectivity index is 0.749. The predicted molar refractivity (Wildman–Crippen MR) is 209 cm³/mol. The standard InChI is InChI=1S/C41H44ClN9O6/c42-32-21-29(10-7-25(32)22-43)57-30-19-27-8-9-28(20-30)50(27)38(54)26-23-45-41(46-24-26)49-17-15-48(16-18-49)14-3-1-2-13-44-33-6-4-5-31-36(33)40(56)51(39(31)55)34-11-12-35(52)47-37(34)53/h4-7,10,21,23-24,27-28,30,34,44H,1-3,8-9,11-20H2,(H,47,52,53)/t27-,28+,30?,34?. The SMILES string of the molecule is N#Cc1ccc(OC2C[C@H]3CC[C@@H](C2)N3C(=O)c2cnc(N3CCN(CCCCCNc4cccc5c4C(=O)N(C4CCC(=O)NC4=O)C5=O)CC3)nc2)cc1Cl. The molecule has 296 valence electrons. The van der Waals surface area contributed by atoms with Gasteiger partial charge in [0.05, 0.1) is 27.3 Å². The second kappa shape index (κ2) is 16.5. The first kappa shape index (κ1) is 38.3. The fraction of sp³-hybridized carbons (Fsp3) is 0.463. The van der Waals surface area contributed by atoms with Crippen LogP contribution in [0.4, 0.5) is 11.6 Å². The zero-order valence-electron chi connectivity index (χ0n) is 31.5. The molecular formula is C41H44ClN9O6. The number of carbonyl (C=O) groups excluding carboxylic acids is 5. The lowest BCUT2D eigenvalue weighted by molar-refractivity contribution is -0.136. The van der Waals surface area contributed by atoms with Gasteiger partial charge in [-0.3, -0.25) is 39.1 Å². The van der Waals surface area contributed by atoms with Crippen molar-refractivity contribution in [2.24, 2.45) is 0 Å². The number of anilines is 2. The first-order chi connectivity index (χ1) is 27.7. The van der Waals surface area contributed by atoms with Gasteiger partial charge in [-0.15, -0.1) is 0 Å². The molecule has 5 aliphatic rings. The number of carbonyl (C=O) groups is 5. The third-order valence-corrected chi connectivity index (χ3v) is 12.1. The maximum atomic E-state index is 13.6. The Morgan fingerprint density at radius 3 is 2.40 bits per heavy atom. The normalized spacial score (nSPS) is 23.3. The molecule has 0 radical (unpaired) electrons. The van der Waals surface area contributed by atoms with Gasteiger partial charge in [-0.1, -0.05) is 24.1 Å². The summed E-state index contributed by atoms with van der Waals surface area (Å²) in [5.74, 6) is -0.829. The molecule has 0 saturated carbocycles. The van der Waals surface area contributed by atoms with Gasteiger partial charge in [-0.05, 0) is 62.9 Å². The van der Waals surface area contributed by atoms with E-state index in [0.29, 0.717) is 40.1 Å². The highest BCUT2D eigenvalue weighted by Crippen LogP contribution is 2.39. The number of nitrogens with one attached hydrogen (secondary N) is 2. The summed E-state index contributed by atoms with van der Waals surface area (Å²) in [6, 6.07) is 11.4. The zero-order valence-corrected chi connectivity index (χ0v) is 32.2. The molecule has 0 aliphatic carbocycles. The Kier molecular flexibility index (Phi) is 11.1. The number of hydrogen-bond donors (Lipinski definition) is 2. The Morgan fingerprint density at radius 1 is 0.947 bits per heavy atom. The molecule has 2 aromatic carbocycles. The van der Waals surface area contributed by atoms with Gasteiger partial charge in [0.25, 0.3) is 17.7 Å². The fourth-order valence-corrected chi connectivity index (χ4v) is 9.06. The number of hydrogen-bond acceptors (Lipinski definition) is 12. The summed E-state index contributed by atoms with van der Waals surface area (Å²) in [4.78, 5) is 80.9. The molecular weight excluding hydrogens is 750 g/mol. The van der Waals surface area contributed by atoms with Crippen LogP contribution >= 0.6 is 11.6 Å². The second-order valence-corrected chi connectivity index (χ2v) is 15.7. The molecule has 5 aliphatic heterocycles. The lowest BCUT2D eigenvalue weighted by Gasteiger charge is -2.39. The van der Waals surface area contributed by atoms with Crippen molar-refractivity contribution in [2.45, 2.75) is 82.0 Å². The number of aromatic nitrogens is 2.